The van der Waals surface area contributed by atoms with Gasteiger partial charge >= 0.3 is 0 Å². The van der Waals surface area contributed by atoms with Gasteiger partial charge in [-0.3, -0.25) is 4.79 Å². The highest BCUT2D eigenvalue weighted by Crippen LogP contribution is 2.35. The molecule has 3 heteroatoms. The zero-order chi connectivity index (χ0) is 11.5. The summed E-state index contributed by atoms with van der Waals surface area (Å²) in [6.07, 6.45) is 1.43. The number of hydrogen-bond donors (Lipinski definition) is 0. The van der Waals surface area contributed by atoms with Crippen molar-refractivity contribution in [2.45, 2.75) is 19.8 Å². The van der Waals surface area contributed by atoms with Crippen LogP contribution in [0.15, 0.2) is 23.6 Å². The zero-order valence-electron chi connectivity index (χ0n) is 9.45. The van der Waals surface area contributed by atoms with E-state index < -0.39 is 0 Å². The quantitative estimate of drug-likeness (QED) is 0.784. The number of ether oxygens (including phenoxy) is 1. The monoisotopic (exact) mass is 234 g/mol. The molecule has 0 spiro atoms. The molecular weight excluding hydrogens is 220 g/mol. The molecule has 1 aromatic carbocycles. The second kappa shape index (κ2) is 4.74. The van der Waals surface area contributed by atoms with Crippen molar-refractivity contribution in [3.05, 3.63) is 34.7 Å². The Labute approximate surface area is 99.7 Å². The molecule has 0 amide bonds. The van der Waals surface area contributed by atoms with Gasteiger partial charge in [0.05, 0.1) is 7.11 Å². The summed E-state index contributed by atoms with van der Waals surface area (Å²) in [6.45, 7) is 2.04. The normalized spacial score (nSPS) is 15.9. The summed E-state index contributed by atoms with van der Waals surface area (Å²) in [4.78, 5) is 11.1. The van der Waals surface area contributed by atoms with Crippen LogP contribution in [0.25, 0.3) is 5.57 Å². The molecule has 0 atom stereocenters. The first-order valence-corrected chi connectivity index (χ1v) is 6.12. The van der Waals surface area contributed by atoms with E-state index in [0.717, 1.165) is 17.7 Å². The van der Waals surface area contributed by atoms with E-state index in [2.05, 4.69) is 12.1 Å². The number of benzene rings is 1. The lowest BCUT2D eigenvalue weighted by molar-refractivity contribution is -0.110. The molecule has 0 N–H and O–H groups in total. The summed E-state index contributed by atoms with van der Waals surface area (Å²) in [5.41, 5.74) is 3.48. The van der Waals surface area contributed by atoms with Crippen LogP contribution in [-0.2, 0) is 4.79 Å². The van der Waals surface area contributed by atoms with Crippen molar-refractivity contribution in [1.29, 1.82) is 0 Å². The molecule has 1 heterocycles. The van der Waals surface area contributed by atoms with E-state index in [0.29, 0.717) is 6.42 Å². The summed E-state index contributed by atoms with van der Waals surface area (Å²) in [7, 11) is 1.68. The molecule has 1 aromatic rings. The number of carbonyl (C=O) groups is 1. The molecule has 1 aliphatic rings. The summed E-state index contributed by atoms with van der Waals surface area (Å²) in [6, 6.07) is 6.16. The van der Waals surface area contributed by atoms with Crippen molar-refractivity contribution in [3.63, 3.8) is 0 Å². The number of thioether (sulfide) groups is 1. The van der Waals surface area contributed by atoms with Gasteiger partial charge in [-0.2, -0.15) is 0 Å². The standard InChI is InChI=1S/C13H14O2S/c1-9-3-5-11(12(7-9)15-2)10-4-6-13(14)16-8-10/h3,5,7-8H,4,6H2,1-2H3. The zero-order valence-corrected chi connectivity index (χ0v) is 10.3. The fourth-order valence-electron chi connectivity index (χ4n) is 1.75. The van der Waals surface area contributed by atoms with Crippen LogP contribution in [0.4, 0.5) is 0 Å². The van der Waals surface area contributed by atoms with Gasteiger partial charge in [-0.25, -0.2) is 0 Å². The smallest absolute Gasteiger partial charge is 0.193 e. The van der Waals surface area contributed by atoms with Crippen LogP contribution in [0.3, 0.4) is 0 Å². The van der Waals surface area contributed by atoms with E-state index in [1.165, 1.54) is 22.9 Å². The minimum atomic E-state index is 0.245. The topological polar surface area (TPSA) is 26.3 Å². The maximum Gasteiger partial charge on any atom is 0.193 e. The Kier molecular flexibility index (Phi) is 3.34. The second-order valence-electron chi connectivity index (χ2n) is 3.84. The van der Waals surface area contributed by atoms with Crippen LogP contribution in [0.2, 0.25) is 0 Å². The van der Waals surface area contributed by atoms with E-state index in [4.69, 9.17) is 4.74 Å². The fourth-order valence-corrected chi connectivity index (χ4v) is 2.49. The van der Waals surface area contributed by atoms with Crippen molar-refractivity contribution in [2.75, 3.05) is 7.11 Å². The highest BCUT2D eigenvalue weighted by atomic mass is 32.2. The Hall–Kier alpha value is -1.22. The second-order valence-corrected chi connectivity index (χ2v) is 4.76. The van der Waals surface area contributed by atoms with Crippen molar-refractivity contribution in [1.82, 2.24) is 0 Å². The van der Waals surface area contributed by atoms with Gasteiger partial charge in [-0.15, -0.1) is 0 Å². The van der Waals surface area contributed by atoms with Gasteiger partial charge in [0.2, 0.25) is 0 Å². The predicted octanol–water partition coefficient (Wildman–Crippen LogP) is 3.40. The van der Waals surface area contributed by atoms with E-state index in [1.807, 2.05) is 18.4 Å². The molecule has 0 bridgehead atoms. The average molecular weight is 234 g/mol. The van der Waals surface area contributed by atoms with Gasteiger partial charge in [0.1, 0.15) is 5.75 Å². The lowest BCUT2D eigenvalue weighted by Gasteiger charge is -2.15. The van der Waals surface area contributed by atoms with Crippen LogP contribution in [-0.4, -0.2) is 12.2 Å². The number of hydrogen-bond acceptors (Lipinski definition) is 3. The molecule has 0 aliphatic carbocycles. The summed E-state index contributed by atoms with van der Waals surface area (Å²) < 4.78 is 5.37. The highest BCUT2D eigenvalue weighted by Gasteiger charge is 2.15. The van der Waals surface area contributed by atoms with Gasteiger partial charge in [0.25, 0.3) is 0 Å². The van der Waals surface area contributed by atoms with Crippen LogP contribution in [0.5, 0.6) is 5.75 Å². The molecule has 2 rings (SSSR count). The van der Waals surface area contributed by atoms with Crippen LogP contribution < -0.4 is 4.74 Å². The van der Waals surface area contributed by atoms with Gasteiger partial charge < -0.3 is 4.74 Å². The Morgan fingerprint density at radius 1 is 1.31 bits per heavy atom. The SMILES string of the molecule is COc1cc(C)ccc1C1=CSC(=O)CC1. The maximum atomic E-state index is 11.1. The maximum absolute atomic E-state index is 11.1. The van der Waals surface area contributed by atoms with Crippen LogP contribution >= 0.6 is 11.8 Å². The molecule has 0 aromatic heterocycles. The third-order valence-corrected chi connectivity index (χ3v) is 3.50. The minimum Gasteiger partial charge on any atom is -0.496 e. The first kappa shape index (κ1) is 11.3. The number of allylic oxidation sites excluding steroid dienone is 1. The van der Waals surface area contributed by atoms with Gasteiger partial charge in [0.15, 0.2) is 5.12 Å². The predicted molar refractivity (Wildman–Crippen MR) is 67.5 cm³/mol. The molecule has 1 aliphatic heterocycles. The van der Waals surface area contributed by atoms with Crippen LogP contribution in [0.1, 0.15) is 24.0 Å². The number of rotatable bonds is 2. The fraction of sp³-hybridized carbons (Fsp3) is 0.308. The largest absolute Gasteiger partial charge is 0.496 e. The molecule has 0 saturated carbocycles. The van der Waals surface area contributed by atoms with Crippen molar-refractivity contribution < 1.29 is 9.53 Å². The Morgan fingerprint density at radius 3 is 2.75 bits per heavy atom. The van der Waals surface area contributed by atoms with E-state index in [-0.39, 0.29) is 5.12 Å². The van der Waals surface area contributed by atoms with E-state index >= 15 is 0 Å². The lowest BCUT2D eigenvalue weighted by atomic mass is 10.0. The van der Waals surface area contributed by atoms with Gasteiger partial charge in [-0.1, -0.05) is 23.9 Å². The molecule has 0 fully saturated rings. The third-order valence-electron chi connectivity index (χ3n) is 2.63. The van der Waals surface area contributed by atoms with Crippen molar-refractivity contribution in [2.24, 2.45) is 0 Å². The van der Waals surface area contributed by atoms with E-state index in [1.54, 1.807) is 7.11 Å². The summed E-state index contributed by atoms with van der Waals surface area (Å²) >= 11 is 1.29. The first-order chi connectivity index (χ1) is 7.70. The molecule has 2 nitrogen and oxygen atoms in total. The number of aryl methyl sites for hydroxylation is 1. The number of carbonyl (C=O) groups excluding carboxylic acids is 1. The van der Waals surface area contributed by atoms with Crippen LogP contribution in [0, 0.1) is 6.92 Å². The molecule has 84 valence electrons. The van der Waals surface area contributed by atoms with Gasteiger partial charge in [0, 0.05) is 12.0 Å². The van der Waals surface area contributed by atoms with Crippen molar-refractivity contribution >= 4 is 22.5 Å². The summed E-state index contributed by atoms with van der Waals surface area (Å²) in [5, 5.41) is 2.19. The molecule has 0 radical (unpaired) electrons. The molecule has 0 saturated heterocycles. The molecular formula is C13H14O2S. The molecule has 16 heavy (non-hydrogen) atoms. The summed E-state index contributed by atoms with van der Waals surface area (Å²) in [5.74, 6) is 0.890. The Morgan fingerprint density at radius 2 is 2.12 bits per heavy atom. The Bertz CT molecular complexity index is 449. The average Bonchev–Trinajstić information content (AvgIpc) is 2.30. The highest BCUT2D eigenvalue weighted by molar-refractivity contribution is 8.16. The molecule has 0 unspecified atom stereocenters. The third kappa shape index (κ3) is 2.30. The first-order valence-electron chi connectivity index (χ1n) is 5.24. The number of methoxy groups -OCH3 is 1. The minimum absolute atomic E-state index is 0.245. The van der Waals surface area contributed by atoms with E-state index in [9.17, 15) is 4.79 Å². The Balaban J connectivity index is 2.36. The lowest BCUT2D eigenvalue weighted by Crippen LogP contribution is -1.99. The van der Waals surface area contributed by atoms with Gasteiger partial charge in [-0.05, 0) is 36.0 Å². The van der Waals surface area contributed by atoms with Crippen molar-refractivity contribution in [3.8, 4) is 5.75 Å².